The summed E-state index contributed by atoms with van der Waals surface area (Å²) >= 11 is 0. The van der Waals surface area contributed by atoms with Gasteiger partial charge in [-0.05, 0) is 40.0 Å². The van der Waals surface area contributed by atoms with E-state index in [1.807, 2.05) is 0 Å². The molecule has 1 atom stereocenters. The molecule has 1 aliphatic heterocycles. The van der Waals surface area contributed by atoms with Crippen LogP contribution >= 0.6 is 0 Å². The molecule has 1 heterocycles. The van der Waals surface area contributed by atoms with Crippen molar-refractivity contribution in [3.63, 3.8) is 0 Å². The lowest BCUT2D eigenvalue weighted by molar-refractivity contribution is -0.135. The molecule has 0 bridgehead atoms. The predicted octanol–water partition coefficient (Wildman–Crippen LogP) is 3.06. The molecule has 5 nitrogen and oxygen atoms in total. The van der Waals surface area contributed by atoms with Crippen molar-refractivity contribution in [1.29, 1.82) is 0 Å². The van der Waals surface area contributed by atoms with E-state index in [2.05, 4.69) is 0 Å². The monoisotopic (exact) mass is 295 g/mol. The molecule has 0 unspecified atom stereocenters. The zero-order valence-electron chi connectivity index (χ0n) is 13.2. The van der Waals surface area contributed by atoms with Crippen molar-refractivity contribution in [2.75, 3.05) is 0 Å². The van der Waals surface area contributed by atoms with Crippen LogP contribution in [0.3, 0.4) is 0 Å². The maximum atomic E-state index is 12.6. The van der Waals surface area contributed by atoms with E-state index in [0.29, 0.717) is 6.42 Å². The Balaban J connectivity index is 2.08. The third kappa shape index (κ3) is 3.83. The van der Waals surface area contributed by atoms with Gasteiger partial charge in [0.15, 0.2) is 5.78 Å². The maximum Gasteiger partial charge on any atom is 0.417 e. The predicted molar refractivity (Wildman–Crippen MR) is 77.7 cm³/mol. The largest absolute Gasteiger partial charge is 0.443 e. The van der Waals surface area contributed by atoms with Crippen LogP contribution < -0.4 is 0 Å². The van der Waals surface area contributed by atoms with E-state index in [9.17, 15) is 14.4 Å². The Morgan fingerprint density at radius 3 is 2.29 bits per heavy atom. The van der Waals surface area contributed by atoms with Crippen LogP contribution in [0.2, 0.25) is 0 Å². The summed E-state index contributed by atoms with van der Waals surface area (Å²) in [5.41, 5.74) is -0.668. The molecule has 0 radical (unpaired) electrons. The molecule has 0 aromatic heterocycles. The second kappa shape index (κ2) is 6.16. The van der Waals surface area contributed by atoms with E-state index in [1.165, 1.54) is 6.42 Å². The maximum absolute atomic E-state index is 12.6. The van der Waals surface area contributed by atoms with Crippen LogP contribution in [-0.4, -0.2) is 34.3 Å². The van der Waals surface area contributed by atoms with Gasteiger partial charge >= 0.3 is 6.09 Å². The zero-order chi connectivity index (χ0) is 15.6. The third-order valence-electron chi connectivity index (χ3n) is 4.14. The average Bonchev–Trinajstić information content (AvgIpc) is 2.79. The van der Waals surface area contributed by atoms with Crippen molar-refractivity contribution in [3.05, 3.63) is 0 Å². The first-order chi connectivity index (χ1) is 9.79. The van der Waals surface area contributed by atoms with Crippen LogP contribution in [0.1, 0.15) is 65.7 Å². The van der Waals surface area contributed by atoms with Gasteiger partial charge in [0.1, 0.15) is 11.6 Å². The topological polar surface area (TPSA) is 63.7 Å². The second-order valence-electron chi connectivity index (χ2n) is 7.04. The summed E-state index contributed by atoms with van der Waals surface area (Å²) in [5.74, 6) is -0.246. The van der Waals surface area contributed by atoms with E-state index in [0.717, 1.165) is 30.6 Å². The lowest BCUT2D eigenvalue weighted by Crippen LogP contribution is -2.47. The summed E-state index contributed by atoms with van der Waals surface area (Å²) in [6.07, 6.45) is 5.06. The second-order valence-corrected chi connectivity index (χ2v) is 7.04. The zero-order valence-corrected chi connectivity index (χ0v) is 13.2. The first-order valence-corrected chi connectivity index (χ1v) is 7.88. The lowest BCUT2D eigenvalue weighted by Gasteiger charge is -2.29. The van der Waals surface area contributed by atoms with Gasteiger partial charge in [0.2, 0.25) is 5.91 Å². The molecule has 1 aliphatic carbocycles. The Morgan fingerprint density at radius 2 is 1.71 bits per heavy atom. The molecule has 0 spiro atoms. The molecule has 2 fully saturated rings. The smallest absolute Gasteiger partial charge is 0.417 e. The third-order valence-corrected chi connectivity index (χ3v) is 4.14. The minimum Gasteiger partial charge on any atom is -0.443 e. The summed E-state index contributed by atoms with van der Waals surface area (Å²) in [7, 11) is 0. The van der Waals surface area contributed by atoms with E-state index in [-0.39, 0.29) is 24.0 Å². The number of amides is 2. The molecule has 1 saturated heterocycles. The SMILES string of the molecule is CC(C)(C)OC(=O)N1C(=O)CC[C@H]1C(=O)C1CCCCC1. The Morgan fingerprint density at radius 1 is 1.10 bits per heavy atom. The van der Waals surface area contributed by atoms with Crippen molar-refractivity contribution in [2.45, 2.75) is 77.4 Å². The highest BCUT2D eigenvalue weighted by molar-refractivity contribution is 6.01. The van der Waals surface area contributed by atoms with Gasteiger partial charge < -0.3 is 4.74 Å². The molecule has 0 aromatic carbocycles. The van der Waals surface area contributed by atoms with Crippen molar-refractivity contribution in [3.8, 4) is 0 Å². The minimum absolute atomic E-state index is 0.000383. The molecule has 0 N–H and O–H groups in total. The number of carbonyl (C=O) groups excluding carboxylic acids is 3. The van der Waals surface area contributed by atoms with Crippen LogP contribution in [0.15, 0.2) is 0 Å². The fraction of sp³-hybridized carbons (Fsp3) is 0.812. The van der Waals surface area contributed by atoms with E-state index < -0.39 is 17.7 Å². The van der Waals surface area contributed by atoms with E-state index in [4.69, 9.17) is 4.74 Å². The number of hydrogen-bond donors (Lipinski definition) is 0. The van der Waals surface area contributed by atoms with Gasteiger partial charge in [-0.3, -0.25) is 9.59 Å². The first kappa shape index (κ1) is 16.0. The minimum atomic E-state index is -0.681. The fourth-order valence-corrected chi connectivity index (χ4v) is 3.15. The average molecular weight is 295 g/mol. The summed E-state index contributed by atoms with van der Waals surface area (Å²) < 4.78 is 5.27. The van der Waals surface area contributed by atoms with Crippen LogP contribution in [0.25, 0.3) is 0 Å². The number of likely N-dealkylation sites (tertiary alicyclic amines) is 1. The number of ketones is 1. The number of carbonyl (C=O) groups is 3. The van der Waals surface area contributed by atoms with Gasteiger partial charge in [-0.25, -0.2) is 9.69 Å². The first-order valence-electron chi connectivity index (χ1n) is 7.88. The van der Waals surface area contributed by atoms with Crippen molar-refractivity contribution in [2.24, 2.45) is 5.92 Å². The number of rotatable bonds is 2. The molecule has 5 heteroatoms. The highest BCUT2D eigenvalue weighted by atomic mass is 16.6. The number of hydrogen-bond acceptors (Lipinski definition) is 4. The van der Waals surface area contributed by atoms with Crippen LogP contribution in [0.5, 0.6) is 0 Å². The van der Waals surface area contributed by atoms with E-state index in [1.54, 1.807) is 20.8 Å². The molecule has 2 aliphatic rings. The summed E-state index contributed by atoms with van der Waals surface area (Å²) in [4.78, 5) is 37.9. The van der Waals surface area contributed by atoms with Crippen molar-refractivity contribution < 1.29 is 19.1 Å². The highest BCUT2D eigenvalue weighted by Gasteiger charge is 2.44. The Labute approximate surface area is 126 Å². The molecule has 0 aromatic rings. The van der Waals surface area contributed by atoms with Gasteiger partial charge in [0, 0.05) is 12.3 Å². The molecular formula is C16H25NO4. The Bertz CT molecular complexity index is 432. The van der Waals surface area contributed by atoms with Crippen LogP contribution in [-0.2, 0) is 14.3 Å². The molecular weight excluding hydrogens is 270 g/mol. The van der Waals surface area contributed by atoms with Gasteiger partial charge in [-0.1, -0.05) is 19.3 Å². The van der Waals surface area contributed by atoms with Crippen molar-refractivity contribution in [1.82, 2.24) is 4.90 Å². The van der Waals surface area contributed by atoms with Crippen molar-refractivity contribution >= 4 is 17.8 Å². The summed E-state index contributed by atoms with van der Waals surface area (Å²) in [6.45, 7) is 5.26. The Hall–Kier alpha value is -1.39. The van der Waals surface area contributed by atoms with Gasteiger partial charge in [0.05, 0.1) is 0 Å². The Kier molecular flexibility index (Phi) is 4.69. The molecule has 2 rings (SSSR count). The summed E-state index contributed by atoms with van der Waals surface area (Å²) in [6, 6.07) is -0.615. The molecule has 2 amide bonds. The number of Topliss-reactive ketones (excluding diaryl/α,β-unsaturated/α-hetero) is 1. The quantitative estimate of drug-likeness (QED) is 0.785. The standard InChI is InChI=1S/C16H25NO4/c1-16(2,3)21-15(20)17-12(9-10-13(17)18)14(19)11-7-5-4-6-8-11/h11-12H,4-10H2,1-3H3/t12-/m0/s1. The van der Waals surface area contributed by atoms with E-state index >= 15 is 0 Å². The van der Waals surface area contributed by atoms with Gasteiger partial charge in [-0.2, -0.15) is 0 Å². The lowest BCUT2D eigenvalue weighted by atomic mass is 9.83. The molecule has 118 valence electrons. The summed E-state index contributed by atoms with van der Waals surface area (Å²) in [5, 5.41) is 0. The fourth-order valence-electron chi connectivity index (χ4n) is 3.15. The molecule has 1 saturated carbocycles. The molecule has 21 heavy (non-hydrogen) atoms. The van der Waals surface area contributed by atoms with Crippen LogP contribution in [0, 0.1) is 5.92 Å². The van der Waals surface area contributed by atoms with Gasteiger partial charge in [-0.15, -0.1) is 0 Å². The highest BCUT2D eigenvalue weighted by Crippen LogP contribution is 2.30. The number of imide groups is 1. The number of ether oxygens (including phenoxy) is 1. The van der Waals surface area contributed by atoms with Gasteiger partial charge in [0.25, 0.3) is 0 Å². The number of nitrogens with zero attached hydrogens (tertiary/aromatic N) is 1. The normalized spacial score (nSPS) is 24.2. The van der Waals surface area contributed by atoms with Crippen LogP contribution in [0.4, 0.5) is 4.79 Å².